The summed E-state index contributed by atoms with van der Waals surface area (Å²) in [4.78, 5) is 11.4. The van der Waals surface area contributed by atoms with E-state index in [0.717, 1.165) is 18.4 Å². The molecule has 1 aliphatic carbocycles. The highest BCUT2D eigenvalue weighted by Gasteiger charge is 2.17. The van der Waals surface area contributed by atoms with Gasteiger partial charge in [0, 0.05) is 18.1 Å². The number of hydrogen-bond acceptors (Lipinski definition) is 3. The van der Waals surface area contributed by atoms with Crippen molar-refractivity contribution < 1.29 is 15.0 Å². The Labute approximate surface area is 87.7 Å². The molecule has 0 aliphatic heterocycles. The molecule has 0 saturated heterocycles. The number of phenolic OH excluding ortho intramolecular Hbond substituents is 2. The predicted octanol–water partition coefficient (Wildman–Crippen LogP) is 2.23. The van der Waals surface area contributed by atoms with Gasteiger partial charge in [-0.2, -0.15) is 0 Å². The summed E-state index contributed by atoms with van der Waals surface area (Å²) in [6, 6.07) is 4.36. The third-order valence-electron chi connectivity index (χ3n) is 2.55. The first-order valence-electron chi connectivity index (χ1n) is 4.92. The van der Waals surface area contributed by atoms with E-state index in [4.69, 9.17) is 5.11 Å². The van der Waals surface area contributed by atoms with Crippen molar-refractivity contribution in [3.8, 4) is 11.5 Å². The third-order valence-corrected chi connectivity index (χ3v) is 2.55. The van der Waals surface area contributed by atoms with Gasteiger partial charge in [0.15, 0.2) is 5.78 Å². The van der Waals surface area contributed by atoms with Crippen molar-refractivity contribution in [2.75, 3.05) is 0 Å². The molecule has 2 rings (SSSR count). The molecule has 0 bridgehead atoms. The minimum Gasteiger partial charge on any atom is -0.508 e. The second-order valence-electron chi connectivity index (χ2n) is 3.69. The lowest BCUT2D eigenvalue weighted by atomic mass is 10.1. The molecule has 1 aliphatic rings. The predicted molar refractivity (Wildman–Crippen MR) is 56.6 cm³/mol. The Bertz CT molecular complexity index is 432. The Hall–Kier alpha value is -1.77. The average Bonchev–Trinajstić information content (AvgIpc) is 2.57. The standard InChI is InChI=1S/C12H12O3/c13-10-5-4-9(12(15)7-10)6-8-2-1-3-11(8)14/h4-7,13,15H,1-3H2/b8-6+. The maximum Gasteiger partial charge on any atom is 0.158 e. The van der Waals surface area contributed by atoms with E-state index >= 15 is 0 Å². The molecule has 0 aromatic heterocycles. The largest absolute Gasteiger partial charge is 0.508 e. The summed E-state index contributed by atoms with van der Waals surface area (Å²) in [6.45, 7) is 0. The second-order valence-corrected chi connectivity index (χ2v) is 3.69. The monoisotopic (exact) mass is 204 g/mol. The Morgan fingerprint density at radius 3 is 2.60 bits per heavy atom. The molecule has 1 aromatic rings. The molecular weight excluding hydrogens is 192 g/mol. The molecule has 0 unspecified atom stereocenters. The van der Waals surface area contributed by atoms with E-state index in [0.29, 0.717) is 12.0 Å². The topological polar surface area (TPSA) is 57.5 Å². The van der Waals surface area contributed by atoms with Gasteiger partial charge in [-0.3, -0.25) is 4.79 Å². The smallest absolute Gasteiger partial charge is 0.158 e. The number of ketones is 1. The van der Waals surface area contributed by atoms with Crippen molar-refractivity contribution in [3.05, 3.63) is 29.3 Å². The number of aromatic hydroxyl groups is 2. The molecule has 1 fully saturated rings. The van der Waals surface area contributed by atoms with Crippen molar-refractivity contribution in [2.45, 2.75) is 19.3 Å². The fourth-order valence-corrected chi connectivity index (χ4v) is 1.73. The van der Waals surface area contributed by atoms with Gasteiger partial charge in [-0.1, -0.05) is 0 Å². The van der Waals surface area contributed by atoms with Crippen LogP contribution in [0.1, 0.15) is 24.8 Å². The van der Waals surface area contributed by atoms with Crippen LogP contribution >= 0.6 is 0 Å². The van der Waals surface area contributed by atoms with Gasteiger partial charge in [-0.15, -0.1) is 0 Å². The molecule has 0 radical (unpaired) electrons. The van der Waals surface area contributed by atoms with Gasteiger partial charge in [0.1, 0.15) is 11.5 Å². The van der Waals surface area contributed by atoms with Gasteiger partial charge < -0.3 is 10.2 Å². The van der Waals surface area contributed by atoms with Crippen LogP contribution < -0.4 is 0 Å². The zero-order valence-electron chi connectivity index (χ0n) is 8.23. The van der Waals surface area contributed by atoms with E-state index < -0.39 is 0 Å². The summed E-state index contributed by atoms with van der Waals surface area (Å²) in [5.74, 6) is 0.178. The third kappa shape index (κ3) is 2.01. The summed E-state index contributed by atoms with van der Waals surface area (Å²) in [5, 5.41) is 18.6. The van der Waals surface area contributed by atoms with Gasteiger partial charge >= 0.3 is 0 Å². The highest BCUT2D eigenvalue weighted by atomic mass is 16.3. The van der Waals surface area contributed by atoms with Crippen LogP contribution in [-0.4, -0.2) is 16.0 Å². The highest BCUT2D eigenvalue weighted by Crippen LogP contribution is 2.28. The number of Topliss-reactive ketones (excluding diaryl/α,β-unsaturated/α-hetero) is 1. The first kappa shape index (κ1) is 9.77. The van der Waals surface area contributed by atoms with Crippen LogP contribution in [0.2, 0.25) is 0 Å². The van der Waals surface area contributed by atoms with Crippen LogP contribution in [0.3, 0.4) is 0 Å². The van der Waals surface area contributed by atoms with Gasteiger partial charge in [0.2, 0.25) is 0 Å². The van der Waals surface area contributed by atoms with Gasteiger partial charge in [-0.05, 0) is 36.6 Å². The maximum absolute atomic E-state index is 11.4. The van der Waals surface area contributed by atoms with Crippen LogP contribution in [-0.2, 0) is 4.79 Å². The highest BCUT2D eigenvalue weighted by molar-refractivity contribution is 6.01. The number of allylic oxidation sites excluding steroid dienone is 1. The molecule has 1 aromatic carbocycles. The number of benzene rings is 1. The number of rotatable bonds is 1. The lowest BCUT2D eigenvalue weighted by Crippen LogP contribution is -1.90. The first-order chi connectivity index (χ1) is 7.16. The molecule has 0 heterocycles. The van der Waals surface area contributed by atoms with Crippen molar-refractivity contribution in [1.29, 1.82) is 0 Å². The normalized spacial score (nSPS) is 18.7. The Morgan fingerprint density at radius 2 is 2.00 bits per heavy atom. The summed E-state index contributed by atoms with van der Waals surface area (Å²) >= 11 is 0. The fraction of sp³-hybridized carbons (Fsp3) is 0.250. The summed E-state index contributed by atoms with van der Waals surface area (Å²) in [6.07, 6.45) is 3.97. The average molecular weight is 204 g/mol. The lowest BCUT2D eigenvalue weighted by Gasteiger charge is -2.01. The maximum atomic E-state index is 11.4. The van der Waals surface area contributed by atoms with E-state index in [9.17, 15) is 9.90 Å². The van der Waals surface area contributed by atoms with E-state index in [1.807, 2.05) is 0 Å². The Balaban J connectivity index is 2.34. The van der Waals surface area contributed by atoms with Crippen molar-refractivity contribution in [2.24, 2.45) is 0 Å². The number of carbonyl (C=O) groups excluding carboxylic acids is 1. The minimum atomic E-state index is 0.00204. The second kappa shape index (κ2) is 3.77. The van der Waals surface area contributed by atoms with Crippen molar-refractivity contribution in [1.82, 2.24) is 0 Å². The molecular formula is C12H12O3. The first-order valence-corrected chi connectivity index (χ1v) is 4.92. The molecule has 3 heteroatoms. The molecule has 1 saturated carbocycles. The van der Waals surface area contributed by atoms with Gasteiger partial charge in [-0.25, -0.2) is 0 Å². The lowest BCUT2D eigenvalue weighted by molar-refractivity contribution is -0.114. The zero-order chi connectivity index (χ0) is 10.8. The van der Waals surface area contributed by atoms with Crippen LogP contribution in [0, 0.1) is 0 Å². The van der Waals surface area contributed by atoms with Crippen LogP contribution in [0.15, 0.2) is 23.8 Å². The molecule has 0 amide bonds. The van der Waals surface area contributed by atoms with Gasteiger partial charge in [0.05, 0.1) is 0 Å². The minimum absolute atomic E-state index is 0.00204. The van der Waals surface area contributed by atoms with Crippen LogP contribution in [0.4, 0.5) is 0 Å². The SMILES string of the molecule is O=C1CCC/C1=C\c1ccc(O)cc1O. The van der Waals surface area contributed by atoms with Crippen LogP contribution in [0.5, 0.6) is 11.5 Å². The fourth-order valence-electron chi connectivity index (χ4n) is 1.73. The summed E-state index contributed by atoms with van der Waals surface area (Å²) < 4.78 is 0. The van der Waals surface area contributed by atoms with Crippen LogP contribution in [0.25, 0.3) is 6.08 Å². The molecule has 3 nitrogen and oxygen atoms in total. The molecule has 15 heavy (non-hydrogen) atoms. The van der Waals surface area contributed by atoms with Crippen molar-refractivity contribution >= 4 is 11.9 Å². The van der Waals surface area contributed by atoms with E-state index in [1.165, 1.54) is 12.1 Å². The number of phenols is 2. The zero-order valence-corrected chi connectivity index (χ0v) is 8.23. The van der Waals surface area contributed by atoms with E-state index in [2.05, 4.69) is 0 Å². The summed E-state index contributed by atoms with van der Waals surface area (Å²) in [7, 11) is 0. The van der Waals surface area contributed by atoms with E-state index in [-0.39, 0.29) is 17.3 Å². The number of carbonyl (C=O) groups is 1. The molecule has 2 N–H and O–H groups in total. The van der Waals surface area contributed by atoms with Gasteiger partial charge in [0.25, 0.3) is 0 Å². The van der Waals surface area contributed by atoms with Crippen molar-refractivity contribution in [3.63, 3.8) is 0 Å². The van der Waals surface area contributed by atoms with E-state index in [1.54, 1.807) is 12.1 Å². The molecule has 78 valence electrons. The Morgan fingerprint density at radius 1 is 1.20 bits per heavy atom. The Kier molecular flexibility index (Phi) is 2.46. The summed E-state index contributed by atoms with van der Waals surface area (Å²) in [5.41, 5.74) is 1.34. The molecule has 0 atom stereocenters. The number of hydrogen-bond donors (Lipinski definition) is 2. The quantitative estimate of drug-likeness (QED) is 0.690. The molecule has 0 spiro atoms.